The number of hydrogen-bond acceptors (Lipinski definition) is 32. The van der Waals surface area contributed by atoms with Crippen LogP contribution in [0.1, 0.15) is 108 Å². The Balaban J connectivity index is 0.551. The number of nitrogens with zero attached hydrogens (tertiary/aromatic N) is 6. The number of benzene rings is 5. The highest BCUT2D eigenvalue weighted by atomic mass is 32.2. The van der Waals surface area contributed by atoms with Crippen molar-refractivity contribution in [1.29, 1.82) is 0 Å². The average molecular weight is 1990 g/mol. The monoisotopic (exact) mass is 1990 g/mol. The summed E-state index contributed by atoms with van der Waals surface area (Å²) in [4.78, 5) is 105. The van der Waals surface area contributed by atoms with Crippen molar-refractivity contribution >= 4 is 89.2 Å². The Labute approximate surface area is 815 Å². The first-order valence-electron chi connectivity index (χ1n) is 47.0. The summed E-state index contributed by atoms with van der Waals surface area (Å²) < 4.78 is 128. The number of carbonyl (C=O) groups is 7. The first-order chi connectivity index (χ1) is 67.5. The SMILES string of the molecule is COCCOCCOCCOCCOCCOCCOCCOCCOCCOCCOCCOc1ccc(CC(C(=O)NCCCCc2ccc(COC(=O)N(CCOC34CC5(C)CC(C)(CC(Cn6ncc(-c7ccc(-c8ccc9cccc(C(=O)Nc%10nc%11ccccc%11s%10)c9c8)nc7C(=O)O)c6C)(C5)C3)C4)CCS(=O)(=O)O)c(O[C@@H]3OC(C(=O)O)[C@@H](O)[C@H](O)[C@H]3O)c2)N2C(=O)C=CC2=O)cc1. The zero-order valence-electron chi connectivity index (χ0n) is 79.1. The lowest BCUT2D eigenvalue weighted by Gasteiger charge is -2.69. The van der Waals surface area contributed by atoms with Gasteiger partial charge in [-0.15, -0.1) is 0 Å². The number of aliphatic hydroxyl groups excluding tert-OH is 3. The summed E-state index contributed by atoms with van der Waals surface area (Å²) in [6.07, 6.45) is -1.65. The number of thiazole rings is 1. The van der Waals surface area contributed by atoms with Gasteiger partial charge in [0.2, 0.25) is 12.2 Å². The van der Waals surface area contributed by atoms with E-state index in [1.165, 1.54) is 23.5 Å². The molecule has 4 saturated carbocycles. The van der Waals surface area contributed by atoms with Crippen molar-refractivity contribution in [3.8, 4) is 33.9 Å². The number of aryl methyl sites for hydroxylation is 1. The van der Waals surface area contributed by atoms with Gasteiger partial charge in [-0.3, -0.25) is 38.6 Å². The number of aliphatic carboxylic acids is 1. The van der Waals surface area contributed by atoms with E-state index in [-0.39, 0.29) is 78.5 Å². The van der Waals surface area contributed by atoms with E-state index in [2.05, 4.69) is 29.5 Å². The van der Waals surface area contributed by atoms with Crippen LogP contribution in [-0.4, -0.2) is 337 Å². The van der Waals surface area contributed by atoms with Gasteiger partial charge in [0.05, 0.1) is 179 Å². The van der Waals surface area contributed by atoms with Crippen LogP contribution in [0, 0.1) is 23.2 Å². The number of hydrogen-bond donors (Lipinski definition) is 8. The first-order valence-corrected chi connectivity index (χ1v) is 49.4. The van der Waals surface area contributed by atoms with Crippen molar-refractivity contribution in [3.05, 3.63) is 167 Å². The molecule has 8 aromatic rings. The molecule has 2 aliphatic heterocycles. The van der Waals surface area contributed by atoms with Gasteiger partial charge in [-0.1, -0.05) is 85.8 Å². The molecule has 4 aliphatic carbocycles. The zero-order chi connectivity index (χ0) is 99.2. The van der Waals surface area contributed by atoms with Crippen LogP contribution < -0.4 is 20.1 Å². The molecule has 3 aromatic heterocycles. The van der Waals surface area contributed by atoms with Crippen molar-refractivity contribution in [1.82, 2.24) is 34.9 Å². The number of fused-ring (bicyclic) bond motifs is 2. The minimum absolute atomic E-state index is 0.0241. The van der Waals surface area contributed by atoms with Crippen LogP contribution in [0.25, 0.3) is 43.4 Å². The number of aromatic carboxylic acids is 1. The minimum Gasteiger partial charge on any atom is -0.491 e. The van der Waals surface area contributed by atoms with Gasteiger partial charge in [0, 0.05) is 85.4 Å². The Kier molecular flexibility index (Phi) is 39.3. The molecule has 8 N–H and O–H groups in total. The van der Waals surface area contributed by atoms with Crippen LogP contribution in [0.4, 0.5) is 9.93 Å². The summed E-state index contributed by atoms with van der Waals surface area (Å²) in [5.41, 5.74) is 3.46. The number of carboxylic acid groups (broad SMARTS) is 2. The summed E-state index contributed by atoms with van der Waals surface area (Å²) in [6, 6.07) is 32.4. The average Bonchev–Trinajstić information content (AvgIpc) is 0.795. The third kappa shape index (κ3) is 30.3. The number of rotatable bonds is 62. The molecule has 4 unspecified atom stereocenters. The molecule has 6 aliphatic rings. The molecule has 39 nitrogen and oxygen atoms in total. The number of unbranched alkanes of at least 4 members (excludes halogenated alkanes) is 1. The second-order valence-corrected chi connectivity index (χ2v) is 38.8. The number of aliphatic hydroxyl groups is 3. The van der Waals surface area contributed by atoms with Crippen molar-refractivity contribution in [3.63, 3.8) is 0 Å². The molecule has 140 heavy (non-hydrogen) atoms. The van der Waals surface area contributed by atoms with Gasteiger partial charge in [0.25, 0.3) is 27.8 Å². The largest absolute Gasteiger partial charge is 0.491 e. The second-order valence-electron chi connectivity index (χ2n) is 36.2. The highest BCUT2D eigenvalue weighted by molar-refractivity contribution is 7.85. The predicted molar refractivity (Wildman–Crippen MR) is 509 cm³/mol. The van der Waals surface area contributed by atoms with Gasteiger partial charge in [-0.25, -0.2) is 24.4 Å². The van der Waals surface area contributed by atoms with Crippen LogP contribution in [-0.2, 0) is 122 Å². The summed E-state index contributed by atoms with van der Waals surface area (Å²) in [5, 5.41) is 65.9. The maximum Gasteiger partial charge on any atom is 0.410 e. The Morgan fingerprint density at radius 3 is 1.81 bits per heavy atom. The van der Waals surface area contributed by atoms with Gasteiger partial charge in [0.1, 0.15) is 49.1 Å². The molecule has 5 amide bonds. The molecule has 1 saturated heterocycles. The molecule has 0 spiro atoms. The molecular formula is C99H126N8O31S2. The third-order valence-electron chi connectivity index (χ3n) is 25.0. The number of pyridine rings is 1. The Morgan fingerprint density at radius 1 is 0.621 bits per heavy atom. The Morgan fingerprint density at radius 2 is 1.22 bits per heavy atom. The van der Waals surface area contributed by atoms with Crippen LogP contribution in [0.3, 0.4) is 0 Å². The Hall–Kier alpha value is -10.5. The van der Waals surface area contributed by atoms with Gasteiger partial charge in [-0.2, -0.15) is 13.5 Å². The highest BCUT2D eigenvalue weighted by Crippen LogP contribution is 2.72. The summed E-state index contributed by atoms with van der Waals surface area (Å²) >= 11 is 1.37. The molecule has 5 fully saturated rings. The van der Waals surface area contributed by atoms with E-state index in [9.17, 15) is 72.1 Å². The lowest BCUT2D eigenvalue weighted by atomic mass is 9.39. The fraction of sp³-hybridized carbons (Fsp3) is 0.535. The lowest BCUT2D eigenvalue weighted by Crippen LogP contribution is -2.64. The smallest absolute Gasteiger partial charge is 0.410 e. The molecule has 5 heterocycles. The molecular weight excluding hydrogens is 1860 g/mol. The van der Waals surface area contributed by atoms with E-state index in [1.54, 1.807) is 67.9 Å². The standard InChI is InChI=1S/C99H126N8O31S2/c1-66-76(73-23-24-77(102-84(73)91(115)116)70-20-19-69-11-9-12-74(75(69)56-70)89(113)104-94-103-78-13-5-6-14-81(78)139-94)57-101-106(66)65-98-60-96(2)59-97(3,61-98)63-99(62-96,64-98)136-30-28-105(29-53-140(120,121)122)95(119)135-58-71-18-15-67(55-80(71)137-93-87(112)85(110)86(111)88(138-93)92(117)118)10-7-8-27-100-90(114)79(107-82(108)25-26-83(107)109)54-68-16-21-72(22-17-68)134-52-51-133-50-49-132-48-47-131-46-45-130-44-43-129-42-41-128-40-39-127-38-37-126-36-35-125-34-33-124-32-31-123-4/h5-6,9,11-26,55-57,79,85-88,93,110-112H,7-8,10,27-54,58-65H2,1-4H3,(H,100,114)(H,115,116)(H,117,118)(H,103,104,113)(H,120,121,122)/t79?,85-,86-,87+,88?,93+,96?,97?,98?,99?/m0/s1. The van der Waals surface area contributed by atoms with Crippen molar-refractivity contribution in [2.45, 2.75) is 140 Å². The quantitative estimate of drug-likeness (QED) is 0.0100. The number of carboxylic acids is 2. The van der Waals surface area contributed by atoms with E-state index in [0.29, 0.717) is 233 Å². The third-order valence-corrected chi connectivity index (χ3v) is 26.7. The number of aromatic nitrogens is 4. The van der Waals surface area contributed by atoms with Crippen molar-refractivity contribution in [2.75, 3.05) is 190 Å². The number of nitrogens with one attached hydrogen (secondary N) is 2. The van der Waals surface area contributed by atoms with E-state index >= 15 is 0 Å². The van der Waals surface area contributed by atoms with E-state index < -0.39 is 107 Å². The molecule has 4 bridgehead atoms. The summed E-state index contributed by atoms with van der Waals surface area (Å²) in [7, 11) is -3.02. The number of methoxy groups -OCH3 is 1. The number of amides is 5. The fourth-order valence-corrected chi connectivity index (χ4v) is 20.9. The highest BCUT2D eigenvalue weighted by Gasteiger charge is 2.66. The van der Waals surface area contributed by atoms with E-state index in [1.807, 2.05) is 60.1 Å². The van der Waals surface area contributed by atoms with Gasteiger partial charge in [-0.05, 0) is 157 Å². The summed E-state index contributed by atoms with van der Waals surface area (Å²) in [6.45, 7) is 15.0. The van der Waals surface area contributed by atoms with E-state index in [4.69, 9.17) is 85.9 Å². The minimum atomic E-state index is -4.65. The maximum absolute atomic E-state index is 14.4. The zero-order valence-corrected chi connectivity index (χ0v) is 80.8. The first kappa shape index (κ1) is 107. The lowest BCUT2D eigenvalue weighted by molar-refractivity contribution is -0.271. The normalized spacial score (nSPS) is 21.2. The number of carbonyl (C=O) groups excluding carboxylic acids is 5. The number of imide groups is 1. The van der Waals surface area contributed by atoms with Crippen molar-refractivity contribution in [2.24, 2.45) is 16.2 Å². The second kappa shape index (κ2) is 51.5. The molecule has 14 rings (SSSR count). The van der Waals surface area contributed by atoms with E-state index in [0.717, 1.165) is 62.5 Å². The summed E-state index contributed by atoms with van der Waals surface area (Å²) in [5.74, 6) is -5.64. The van der Waals surface area contributed by atoms with Gasteiger partial charge >= 0.3 is 18.0 Å². The van der Waals surface area contributed by atoms with Crippen LogP contribution >= 0.6 is 11.3 Å². The molecule has 5 aromatic carbocycles. The van der Waals surface area contributed by atoms with Crippen LogP contribution in [0.15, 0.2) is 134 Å². The predicted octanol–water partition coefficient (Wildman–Crippen LogP) is 8.73. The number of para-hydroxylation sites is 1. The topological polar surface area (TPSA) is 497 Å². The number of ether oxygens (including phenoxy) is 16. The molecule has 760 valence electrons. The molecule has 8 atom stereocenters. The van der Waals surface area contributed by atoms with Crippen LogP contribution in [0.5, 0.6) is 11.5 Å². The van der Waals surface area contributed by atoms with Crippen molar-refractivity contribution < 1.29 is 148 Å². The van der Waals surface area contributed by atoms with Gasteiger partial charge < -0.3 is 112 Å². The van der Waals surface area contributed by atoms with Gasteiger partial charge in [0.15, 0.2) is 16.9 Å². The molecule has 0 radical (unpaired) electrons. The Bertz CT molecular complexity index is 5560. The fourth-order valence-electron chi connectivity index (χ4n) is 19.6. The maximum atomic E-state index is 14.4. The number of anilines is 1. The van der Waals surface area contributed by atoms with Crippen LogP contribution in [0.2, 0.25) is 0 Å². The molecule has 41 heteroatoms.